The Morgan fingerprint density at radius 1 is 0.333 bits per heavy atom. The minimum atomic E-state index is -4.95. The molecule has 516 valence electrons. The predicted octanol–water partition coefficient (Wildman–Crippen LogP) is 19.1. The number of carbonyl (C=O) groups excluding carboxylic acids is 4. The Morgan fingerprint density at radius 2 is 0.586 bits per heavy atom. The molecule has 6 atom stereocenters. The molecule has 0 bridgehead atoms. The third kappa shape index (κ3) is 61.3. The minimum Gasteiger partial charge on any atom is -0.462 e. The van der Waals surface area contributed by atoms with E-state index in [2.05, 4.69) is 48.5 Å². The molecule has 0 aromatic rings. The lowest BCUT2D eigenvalue weighted by Gasteiger charge is -2.21. The fourth-order valence-electron chi connectivity index (χ4n) is 10.2. The third-order valence-corrected chi connectivity index (χ3v) is 17.9. The van der Waals surface area contributed by atoms with Gasteiger partial charge in [0.15, 0.2) is 12.2 Å². The van der Waals surface area contributed by atoms with Crippen molar-refractivity contribution in [3.63, 3.8) is 0 Å². The highest BCUT2D eigenvalue weighted by molar-refractivity contribution is 7.47. The van der Waals surface area contributed by atoms with Crippen molar-refractivity contribution in [2.45, 2.75) is 356 Å². The molecule has 0 aromatic heterocycles. The monoisotopic (exact) mass is 1280 g/mol. The van der Waals surface area contributed by atoms with Gasteiger partial charge < -0.3 is 33.8 Å². The lowest BCUT2D eigenvalue weighted by molar-refractivity contribution is -0.161. The average molecular weight is 1280 g/mol. The Morgan fingerprint density at radius 3 is 0.874 bits per heavy atom. The molecule has 0 saturated heterocycles. The Labute approximate surface area is 530 Å². The summed E-state index contributed by atoms with van der Waals surface area (Å²) >= 11 is 0. The van der Waals surface area contributed by atoms with Crippen molar-refractivity contribution >= 4 is 39.5 Å². The highest BCUT2D eigenvalue weighted by Crippen LogP contribution is 2.45. The number of unbranched alkanes of at least 4 members (excludes halogenated alkanes) is 33. The van der Waals surface area contributed by atoms with Gasteiger partial charge in [-0.3, -0.25) is 37.3 Å². The molecule has 0 aliphatic carbocycles. The Balaban J connectivity index is 5.19. The second kappa shape index (κ2) is 59.1. The number of ether oxygens (including phenoxy) is 4. The molecule has 3 N–H and O–H groups in total. The molecule has 0 fully saturated rings. The summed E-state index contributed by atoms with van der Waals surface area (Å²) in [5.41, 5.74) is 0. The van der Waals surface area contributed by atoms with Crippen LogP contribution in [0.15, 0.2) is 0 Å². The van der Waals surface area contributed by atoms with Crippen molar-refractivity contribution in [1.29, 1.82) is 0 Å². The number of rotatable bonds is 66. The SMILES string of the molecule is CCCCCCCCCC(=O)OC[C@H](COP(=O)(O)OC[C@H](O)COP(=O)(O)OC[C@@H](COC(=O)CCCCCCCCCCC(C)C)OC(=O)CCCCCCCCCCCCCCCCC(C)CC)OC(=O)CCCCCCCCCCC(C)C. The van der Waals surface area contributed by atoms with E-state index in [0.717, 1.165) is 120 Å². The summed E-state index contributed by atoms with van der Waals surface area (Å²) in [5, 5.41) is 10.6. The zero-order valence-corrected chi connectivity index (χ0v) is 58.3. The van der Waals surface area contributed by atoms with E-state index in [4.69, 9.17) is 37.0 Å². The van der Waals surface area contributed by atoms with Gasteiger partial charge in [-0.1, -0.05) is 286 Å². The van der Waals surface area contributed by atoms with E-state index in [-0.39, 0.29) is 25.7 Å². The molecule has 0 aliphatic rings. The summed E-state index contributed by atoms with van der Waals surface area (Å²) in [6, 6.07) is 0. The van der Waals surface area contributed by atoms with Crippen LogP contribution in [0.2, 0.25) is 0 Å². The van der Waals surface area contributed by atoms with Gasteiger partial charge in [-0.2, -0.15) is 0 Å². The maximum Gasteiger partial charge on any atom is 0.472 e. The van der Waals surface area contributed by atoms with E-state index in [9.17, 15) is 43.2 Å². The van der Waals surface area contributed by atoms with Crippen molar-refractivity contribution in [2.75, 3.05) is 39.6 Å². The van der Waals surface area contributed by atoms with Gasteiger partial charge in [0.05, 0.1) is 26.4 Å². The Kier molecular flexibility index (Phi) is 57.8. The van der Waals surface area contributed by atoms with Crippen LogP contribution in [0.25, 0.3) is 0 Å². The number of aliphatic hydroxyl groups excluding tert-OH is 1. The first kappa shape index (κ1) is 85.1. The first-order valence-corrected chi connectivity index (χ1v) is 38.4. The lowest BCUT2D eigenvalue weighted by Crippen LogP contribution is -2.30. The molecule has 0 amide bonds. The first-order valence-electron chi connectivity index (χ1n) is 35.4. The molecule has 0 heterocycles. The molecule has 0 spiro atoms. The van der Waals surface area contributed by atoms with Crippen LogP contribution in [-0.4, -0.2) is 96.7 Å². The number of phosphoric acid groups is 2. The smallest absolute Gasteiger partial charge is 0.462 e. The average Bonchev–Trinajstić information content (AvgIpc) is 3.60. The third-order valence-electron chi connectivity index (χ3n) is 16.0. The van der Waals surface area contributed by atoms with Crippen LogP contribution < -0.4 is 0 Å². The molecule has 0 aromatic carbocycles. The van der Waals surface area contributed by atoms with Crippen molar-refractivity contribution in [3.05, 3.63) is 0 Å². The summed E-state index contributed by atoms with van der Waals surface area (Å²) in [7, 11) is -9.89. The zero-order valence-electron chi connectivity index (χ0n) is 56.5. The van der Waals surface area contributed by atoms with Gasteiger partial charge in [0.1, 0.15) is 19.3 Å². The topological polar surface area (TPSA) is 237 Å². The highest BCUT2D eigenvalue weighted by atomic mass is 31.2. The van der Waals surface area contributed by atoms with Gasteiger partial charge in [0.25, 0.3) is 0 Å². The second-order valence-electron chi connectivity index (χ2n) is 25.8. The fraction of sp³-hybridized carbons (Fsp3) is 0.941. The van der Waals surface area contributed by atoms with Crippen LogP contribution in [0.5, 0.6) is 0 Å². The van der Waals surface area contributed by atoms with Crippen molar-refractivity contribution < 1.29 is 80.2 Å². The number of phosphoric ester groups is 2. The molecular formula is C68H132O17P2. The molecule has 3 unspecified atom stereocenters. The normalized spacial score (nSPS) is 14.6. The first-order chi connectivity index (χ1) is 41.8. The number of esters is 4. The summed E-state index contributed by atoms with van der Waals surface area (Å²) < 4.78 is 68.1. The van der Waals surface area contributed by atoms with Crippen LogP contribution in [0.4, 0.5) is 0 Å². The van der Waals surface area contributed by atoms with Gasteiger partial charge in [-0.25, -0.2) is 9.13 Å². The number of carbonyl (C=O) groups is 4. The standard InChI is InChI=1S/C68H132O17P2/c1-8-10-11-12-25-35-42-49-65(70)78-55-63(85-68(73)52-45-38-31-24-22-27-33-40-47-60(5)6)57-82-86(74,75)80-53-62(69)54-81-87(76,77)83-58-64(56-79-66(71)50-43-36-29-23-21-26-32-39-46-59(3)4)84-67(72)51-44-37-30-20-18-16-14-13-15-17-19-28-34-41-48-61(7)9-2/h59-64,69H,8-58H2,1-7H3,(H,74,75)(H,76,77)/t61?,62-,63+,64+/m0/s1. The summed E-state index contributed by atoms with van der Waals surface area (Å²) in [6.45, 7) is 11.8. The van der Waals surface area contributed by atoms with Crippen LogP contribution >= 0.6 is 15.6 Å². The molecule has 87 heavy (non-hydrogen) atoms. The predicted molar refractivity (Wildman–Crippen MR) is 349 cm³/mol. The molecule has 17 nitrogen and oxygen atoms in total. The maximum absolute atomic E-state index is 13.0. The molecule has 0 aliphatic heterocycles. The maximum atomic E-state index is 13.0. The van der Waals surface area contributed by atoms with Crippen molar-refractivity contribution in [3.8, 4) is 0 Å². The van der Waals surface area contributed by atoms with E-state index >= 15 is 0 Å². The van der Waals surface area contributed by atoms with Gasteiger partial charge >= 0.3 is 39.5 Å². The molecule has 0 rings (SSSR count). The van der Waals surface area contributed by atoms with Crippen molar-refractivity contribution in [1.82, 2.24) is 0 Å². The summed E-state index contributed by atoms with van der Waals surface area (Å²) in [5.74, 6) is 0.155. The minimum absolute atomic E-state index is 0.104. The lowest BCUT2D eigenvalue weighted by atomic mass is 9.99. The van der Waals surface area contributed by atoms with E-state index in [1.165, 1.54) is 135 Å². The van der Waals surface area contributed by atoms with Gasteiger partial charge in [-0.05, 0) is 43.4 Å². The Hall–Kier alpha value is -1.94. The van der Waals surface area contributed by atoms with Gasteiger partial charge in [0.2, 0.25) is 0 Å². The van der Waals surface area contributed by atoms with E-state index in [1.54, 1.807) is 0 Å². The van der Waals surface area contributed by atoms with Gasteiger partial charge in [0, 0.05) is 25.7 Å². The fourth-order valence-corrected chi connectivity index (χ4v) is 11.7. The van der Waals surface area contributed by atoms with Crippen LogP contribution in [0.3, 0.4) is 0 Å². The Bertz CT molecular complexity index is 1720. The number of aliphatic hydroxyl groups is 1. The van der Waals surface area contributed by atoms with Gasteiger partial charge in [-0.15, -0.1) is 0 Å². The number of hydrogen-bond donors (Lipinski definition) is 3. The van der Waals surface area contributed by atoms with Crippen LogP contribution in [-0.2, 0) is 65.4 Å². The molecule has 0 radical (unpaired) electrons. The molecule has 0 saturated carbocycles. The van der Waals surface area contributed by atoms with Crippen LogP contribution in [0.1, 0.15) is 337 Å². The molecule has 19 heteroatoms. The second-order valence-corrected chi connectivity index (χ2v) is 28.7. The van der Waals surface area contributed by atoms with E-state index in [1.807, 2.05) is 0 Å². The number of hydrogen-bond acceptors (Lipinski definition) is 15. The van der Waals surface area contributed by atoms with Crippen LogP contribution in [0, 0.1) is 17.8 Å². The molecular weight excluding hydrogens is 1150 g/mol. The summed E-state index contributed by atoms with van der Waals surface area (Å²) in [6.07, 6.45) is 41.9. The van der Waals surface area contributed by atoms with E-state index < -0.39 is 97.5 Å². The quantitative estimate of drug-likeness (QED) is 0.0222. The zero-order chi connectivity index (χ0) is 64.5. The largest absolute Gasteiger partial charge is 0.472 e. The van der Waals surface area contributed by atoms with E-state index in [0.29, 0.717) is 25.7 Å². The summed E-state index contributed by atoms with van der Waals surface area (Å²) in [4.78, 5) is 72.3. The van der Waals surface area contributed by atoms with Crippen molar-refractivity contribution in [2.24, 2.45) is 17.8 Å². The highest BCUT2D eigenvalue weighted by Gasteiger charge is 2.30.